The third-order valence-corrected chi connectivity index (χ3v) is 4.30. The van der Waals surface area contributed by atoms with Crippen LogP contribution in [0.3, 0.4) is 0 Å². The molecule has 0 aromatic heterocycles. The minimum absolute atomic E-state index is 0.0517. The number of nitrogens with zero attached hydrogens (tertiary/aromatic N) is 2. The molecule has 114 valence electrons. The Morgan fingerprint density at radius 1 is 1.45 bits per heavy atom. The summed E-state index contributed by atoms with van der Waals surface area (Å²) in [7, 11) is 0. The van der Waals surface area contributed by atoms with Crippen molar-refractivity contribution in [1.29, 1.82) is 0 Å². The number of thioether (sulfide) groups is 1. The lowest BCUT2D eigenvalue weighted by molar-refractivity contribution is -0.384. The van der Waals surface area contributed by atoms with Gasteiger partial charge in [0.15, 0.2) is 0 Å². The first-order valence-electron chi connectivity index (χ1n) is 6.05. The van der Waals surface area contributed by atoms with Crippen molar-refractivity contribution in [2.45, 2.75) is 13.0 Å². The molecule has 0 bridgehead atoms. The molecule has 1 aliphatic rings. The van der Waals surface area contributed by atoms with Crippen molar-refractivity contribution in [3.05, 3.63) is 44.8 Å². The summed E-state index contributed by atoms with van der Waals surface area (Å²) in [5.41, 5.74) is 0.540. The zero-order chi connectivity index (χ0) is 16.4. The van der Waals surface area contributed by atoms with E-state index in [0.717, 1.165) is 16.7 Å². The van der Waals surface area contributed by atoms with E-state index in [1.807, 2.05) is 0 Å². The van der Waals surface area contributed by atoms with Crippen molar-refractivity contribution in [3.8, 4) is 0 Å². The Morgan fingerprint density at radius 2 is 2.05 bits per heavy atom. The number of nitro groups is 1. The summed E-state index contributed by atoms with van der Waals surface area (Å²) in [4.78, 5) is 34.6. The number of non-ortho nitro benzene ring substituents is 1. The maximum absolute atomic E-state index is 12.2. The maximum Gasteiger partial charge on any atom is 0.326 e. The fraction of sp³-hybridized carbons (Fsp3) is 0.154. The fourth-order valence-corrected chi connectivity index (χ4v) is 3.19. The molecule has 1 fully saturated rings. The number of carbonyl (C=O) groups is 2. The maximum atomic E-state index is 12.2. The van der Waals surface area contributed by atoms with Crippen LogP contribution in [0.4, 0.5) is 5.69 Å². The summed E-state index contributed by atoms with van der Waals surface area (Å²) in [6, 6.07) is 4.62. The molecule has 0 saturated carbocycles. The highest BCUT2D eigenvalue weighted by Gasteiger charge is 2.38. The number of hydrogen-bond acceptors (Lipinski definition) is 6. The van der Waals surface area contributed by atoms with Gasteiger partial charge in [0.05, 0.1) is 9.83 Å². The summed E-state index contributed by atoms with van der Waals surface area (Å²) >= 11 is 6.04. The van der Waals surface area contributed by atoms with E-state index in [9.17, 15) is 19.7 Å². The second-order valence-corrected chi connectivity index (χ2v) is 6.09. The van der Waals surface area contributed by atoms with Crippen LogP contribution < -0.4 is 0 Å². The Balaban J connectivity index is 2.26. The van der Waals surface area contributed by atoms with Crippen LogP contribution in [0.2, 0.25) is 0 Å². The number of rotatable bonds is 4. The van der Waals surface area contributed by atoms with Gasteiger partial charge in [-0.1, -0.05) is 24.0 Å². The molecule has 1 aliphatic heterocycles. The van der Waals surface area contributed by atoms with Gasteiger partial charge in [0.1, 0.15) is 10.4 Å². The highest BCUT2D eigenvalue weighted by Crippen LogP contribution is 2.34. The minimum atomic E-state index is -1.15. The van der Waals surface area contributed by atoms with E-state index in [4.69, 9.17) is 17.3 Å². The largest absolute Gasteiger partial charge is 0.480 e. The molecule has 0 aliphatic carbocycles. The van der Waals surface area contributed by atoms with Crippen molar-refractivity contribution >= 4 is 51.9 Å². The SMILES string of the molecule is C[C@@H](C(=O)O)N1C(=O)/C(=C\c2ccc([N+](=O)[O-])cc2)SC1=S. The molecule has 1 heterocycles. The summed E-state index contributed by atoms with van der Waals surface area (Å²) < 4.78 is 0.174. The zero-order valence-corrected chi connectivity index (χ0v) is 12.9. The first-order valence-corrected chi connectivity index (χ1v) is 7.28. The fourth-order valence-electron chi connectivity index (χ4n) is 1.77. The van der Waals surface area contributed by atoms with E-state index in [0.29, 0.717) is 5.56 Å². The van der Waals surface area contributed by atoms with Gasteiger partial charge in [0.2, 0.25) is 0 Å². The average molecular weight is 338 g/mol. The number of carbonyl (C=O) groups excluding carboxylic acids is 1. The summed E-state index contributed by atoms with van der Waals surface area (Å²) in [5, 5.41) is 19.6. The highest BCUT2D eigenvalue weighted by atomic mass is 32.2. The smallest absolute Gasteiger partial charge is 0.326 e. The predicted molar refractivity (Wildman–Crippen MR) is 85.2 cm³/mol. The molecule has 1 saturated heterocycles. The molecule has 0 spiro atoms. The second kappa shape index (κ2) is 6.24. The Hall–Kier alpha value is -2.26. The Morgan fingerprint density at radius 3 is 2.55 bits per heavy atom. The lowest BCUT2D eigenvalue weighted by Crippen LogP contribution is -2.41. The third kappa shape index (κ3) is 3.15. The Bertz CT molecular complexity index is 699. The highest BCUT2D eigenvalue weighted by molar-refractivity contribution is 8.26. The van der Waals surface area contributed by atoms with Crippen LogP contribution in [-0.2, 0) is 9.59 Å². The molecule has 9 heteroatoms. The quantitative estimate of drug-likeness (QED) is 0.389. The van der Waals surface area contributed by atoms with Crippen molar-refractivity contribution in [1.82, 2.24) is 4.90 Å². The Labute approximate surface area is 134 Å². The normalized spacial score (nSPS) is 17.9. The van der Waals surface area contributed by atoms with E-state index in [2.05, 4.69) is 0 Å². The van der Waals surface area contributed by atoms with Crippen LogP contribution >= 0.6 is 24.0 Å². The van der Waals surface area contributed by atoms with Crippen LogP contribution in [0.5, 0.6) is 0 Å². The second-order valence-electron chi connectivity index (χ2n) is 4.41. The molecular formula is C13H10N2O5S2. The van der Waals surface area contributed by atoms with Crippen molar-refractivity contribution in [2.24, 2.45) is 0 Å². The topological polar surface area (TPSA) is 101 Å². The molecular weight excluding hydrogens is 328 g/mol. The van der Waals surface area contributed by atoms with Gasteiger partial charge in [-0.05, 0) is 30.7 Å². The van der Waals surface area contributed by atoms with Gasteiger partial charge in [-0.3, -0.25) is 19.8 Å². The van der Waals surface area contributed by atoms with E-state index in [1.54, 1.807) is 0 Å². The number of thiocarbonyl (C=S) groups is 1. The van der Waals surface area contributed by atoms with Gasteiger partial charge < -0.3 is 5.11 Å². The van der Waals surface area contributed by atoms with Gasteiger partial charge in [-0.25, -0.2) is 4.79 Å². The summed E-state index contributed by atoms with van der Waals surface area (Å²) in [6.45, 7) is 1.38. The molecule has 0 unspecified atom stereocenters. The van der Waals surface area contributed by atoms with Crippen molar-refractivity contribution in [3.63, 3.8) is 0 Å². The number of benzene rings is 1. The number of carboxylic acids is 1. The van der Waals surface area contributed by atoms with E-state index >= 15 is 0 Å². The van der Waals surface area contributed by atoms with Crippen molar-refractivity contribution < 1.29 is 19.6 Å². The van der Waals surface area contributed by atoms with E-state index in [-0.39, 0.29) is 14.9 Å². The van der Waals surface area contributed by atoms with Gasteiger partial charge in [-0.2, -0.15) is 0 Å². The average Bonchev–Trinajstić information content (AvgIpc) is 2.73. The van der Waals surface area contributed by atoms with Crippen LogP contribution in [0.1, 0.15) is 12.5 Å². The molecule has 22 heavy (non-hydrogen) atoms. The lowest BCUT2D eigenvalue weighted by atomic mass is 10.2. The lowest BCUT2D eigenvalue weighted by Gasteiger charge is -2.18. The molecule has 0 radical (unpaired) electrons. The summed E-state index contributed by atoms with van der Waals surface area (Å²) in [6.07, 6.45) is 1.53. The van der Waals surface area contributed by atoms with Crippen LogP contribution in [0.25, 0.3) is 6.08 Å². The molecule has 1 aromatic rings. The van der Waals surface area contributed by atoms with Gasteiger partial charge in [0, 0.05) is 12.1 Å². The zero-order valence-electron chi connectivity index (χ0n) is 11.3. The van der Waals surface area contributed by atoms with Crippen LogP contribution in [0, 0.1) is 10.1 Å². The van der Waals surface area contributed by atoms with E-state index in [1.165, 1.54) is 37.3 Å². The number of carboxylic acid groups (broad SMARTS) is 1. The molecule has 1 N–H and O–H groups in total. The van der Waals surface area contributed by atoms with E-state index < -0.39 is 22.8 Å². The number of nitro benzene ring substituents is 1. The molecule has 2 rings (SSSR count). The van der Waals surface area contributed by atoms with Gasteiger partial charge in [0.25, 0.3) is 11.6 Å². The first kappa shape index (κ1) is 16.1. The first-order chi connectivity index (χ1) is 10.3. The van der Waals surface area contributed by atoms with Crippen molar-refractivity contribution in [2.75, 3.05) is 0 Å². The van der Waals surface area contributed by atoms with Crippen LogP contribution in [0.15, 0.2) is 29.2 Å². The van der Waals surface area contributed by atoms with Crippen LogP contribution in [-0.4, -0.2) is 37.2 Å². The molecule has 1 amide bonds. The number of aliphatic carboxylic acids is 1. The van der Waals surface area contributed by atoms with Gasteiger partial charge >= 0.3 is 5.97 Å². The standard InChI is InChI=1S/C13H10N2O5S2/c1-7(12(17)18)14-11(16)10(22-13(14)21)6-8-2-4-9(5-3-8)15(19)20/h2-7H,1H3,(H,17,18)/b10-6+/t7-/m0/s1. The number of hydrogen-bond donors (Lipinski definition) is 1. The van der Waals surface area contributed by atoms with Gasteiger partial charge in [-0.15, -0.1) is 0 Å². The minimum Gasteiger partial charge on any atom is -0.480 e. The predicted octanol–water partition coefficient (Wildman–Crippen LogP) is 2.27. The number of amides is 1. The molecule has 7 nitrogen and oxygen atoms in total. The monoisotopic (exact) mass is 338 g/mol. The summed E-state index contributed by atoms with van der Waals surface area (Å²) in [5.74, 6) is -1.63. The third-order valence-electron chi connectivity index (χ3n) is 2.97. The molecule has 1 atom stereocenters. The molecule has 1 aromatic carbocycles. The Kier molecular flexibility index (Phi) is 4.57.